The van der Waals surface area contributed by atoms with Crippen LogP contribution in [0.5, 0.6) is 0 Å². The molecule has 0 bridgehead atoms. The van der Waals surface area contributed by atoms with E-state index in [2.05, 4.69) is 61.8 Å². The molecule has 160 valence electrons. The van der Waals surface area contributed by atoms with Crippen molar-refractivity contribution in [2.45, 2.75) is 52.7 Å². The van der Waals surface area contributed by atoms with Crippen LogP contribution in [0.4, 0.5) is 5.69 Å². The summed E-state index contributed by atoms with van der Waals surface area (Å²) in [6, 6.07) is 8.44. The van der Waals surface area contributed by atoms with Gasteiger partial charge in [-0.2, -0.15) is 0 Å². The molecule has 1 aromatic carbocycles. The monoisotopic (exact) mass is 402 g/mol. The Bertz CT molecular complexity index is 681. The lowest BCUT2D eigenvalue weighted by Gasteiger charge is -2.35. The molecule has 3 rings (SSSR count). The molecule has 0 radical (unpaired) electrons. The van der Waals surface area contributed by atoms with Crippen LogP contribution in [0.15, 0.2) is 24.3 Å². The number of piperazine rings is 1. The summed E-state index contributed by atoms with van der Waals surface area (Å²) in [5.74, 6) is 0.245. The van der Waals surface area contributed by atoms with Gasteiger partial charge < -0.3 is 18.9 Å². The molecule has 2 heterocycles. The standard InChI is InChI=1S/C22H35BN2O4/c1-17(2)16-27-20(26)15-24-11-13-25(14-12-24)19-9-7-18(8-10-19)23-28-21(3,4)22(5,6)29-23/h7-10,17H,11-16H2,1-6H3. The van der Waals surface area contributed by atoms with Gasteiger partial charge in [-0.25, -0.2) is 0 Å². The molecular formula is C22H35BN2O4. The zero-order chi connectivity index (χ0) is 21.2. The lowest BCUT2D eigenvalue weighted by Crippen LogP contribution is -2.48. The highest BCUT2D eigenvalue weighted by molar-refractivity contribution is 6.62. The first kappa shape index (κ1) is 22.1. The highest BCUT2D eigenvalue weighted by atomic mass is 16.7. The van der Waals surface area contributed by atoms with Crippen LogP contribution in [-0.4, -0.2) is 68.5 Å². The molecular weight excluding hydrogens is 367 g/mol. The lowest BCUT2D eigenvalue weighted by molar-refractivity contribution is -0.146. The van der Waals surface area contributed by atoms with Crippen molar-refractivity contribution in [2.75, 3.05) is 44.2 Å². The van der Waals surface area contributed by atoms with E-state index in [0.29, 0.717) is 19.1 Å². The number of nitrogens with zero attached hydrogens (tertiary/aromatic N) is 2. The number of carbonyl (C=O) groups is 1. The van der Waals surface area contributed by atoms with Crippen molar-refractivity contribution >= 4 is 24.2 Å². The van der Waals surface area contributed by atoms with E-state index in [4.69, 9.17) is 14.0 Å². The van der Waals surface area contributed by atoms with Crippen LogP contribution >= 0.6 is 0 Å². The van der Waals surface area contributed by atoms with E-state index in [1.54, 1.807) is 0 Å². The SMILES string of the molecule is CC(C)COC(=O)CN1CCN(c2ccc(B3OC(C)(C)C(C)(C)O3)cc2)CC1. The van der Waals surface area contributed by atoms with E-state index in [1.165, 1.54) is 5.69 Å². The summed E-state index contributed by atoms with van der Waals surface area (Å²) in [6.45, 7) is 16.7. The van der Waals surface area contributed by atoms with Crippen molar-refractivity contribution < 1.29 is 18.8 Å². The van der Waals surface area contributed by atoms with Gasteiger partial charge in [0.05, 0.1) is 24.4 Å². The minimum Gasteiger partial charge on any atom is -0.464 e. The molecule has 6 nitrogen and oxygen atoms in total. The smallest absolute Gasteiger partial charge is 0.464 e. The van der Waals surface area contributed by atoms with Gasteiger partial charge in [-0.05, 0) is 51.2 Å². The predicted octanol–water partition coefficient (Wildman–Crippen LogP) is 2.31. The average molecular weight is 402 g/mol. The third-order valence-corrected chi connectivity index (χ3v) is 6.09. The minimum atomic E-state index is -0.331. The number of benzene rings is 1. The first-order valence-electron chi connectivity index (χ1n) is 10.7. The van der Waals surface area contributed by atoms with E-state index in [0.717, 1.165) is 31.6 Å². The van der Waals surface area contributed by atoms with Gasteiger partial charge in [0.25, 0.3) is 0 Å². The number of rotatable bonds is 6. The first-order chi connectivity index (χ1) is 13.6. The molecule has 2 aliphatic heterocycles. The van der Waals surface area contributed by atoms with Gasteiger partial charge in [0.1, 0.15) is 0 Å². The Morgan fingerprint density at radius 1 is 1.03 bits per heavy atom. The molecule has 2 aliphatic rings. The first-order valence-corrected chi connectivity index (χ1v) is 10.7. The maximum Gasteiger partial charge on any atom is 0.494 e. The fraction of sp³-hybridized carbons (Fsp3) is 0.682. The number of hydrogen-bond donors (Lipinski definition) is 0. The topological polar surface area (TPSA) is 51.2 Å². The molecule has 0 saturated carbocycles. The van der Waals surface area contributed by atoms with Crippen LogP contribution in [0, 0.1) is 5.92 Å². The van der Waals surface area contributed by atoms with E-state index >= 15 is 0 Å². The molecule has 2 fully saturated rings. The average Bonchev–Trinajstić information content (AvgIpc) is 2.88. The molecule has 2 saturated heterocycles. The summed E-state index contributed by atoms with van der Waals surface area (Å²) in [4.78, 5) is 16.4. The van der Waals surface area contributed by atoms with Crippen molar-refractivity contribution in [3.05, 3.63) is 24.3 Å². The molecule has 1 aromatic rings. The number of ether oxygens (including phenoxy) is 1. The van der Waals surface area contributed by atoms with Crippen molar-refractivity contribution in [2.24, 2.45) is 5.92 Å². The van der Waals surface area contributed by atoms with Crippen LogP contribution in [0.3, 0.4) is 0 Å². The van der Waals surface area contributed by atoms with Crippen LogP contribution in [0.2, 0.25) is 0 Å². The molecule has 0 atom stereocenters. The fourth-order valence-corrected chi connectivity index (χ4v) is 3.47. The maximum absolute atomic E-state index is 11.9. The van der Waals surface area contributed by atoms with Gasteiger partial charge in [-0.1, -0.05) is 26.0 Å². The predicted molar refractivity (Wildman–Crippen MR) is 117 cm³/mol. The van der Waals surface area contributed by atoms with Gasteiger partial charge in [-0.15, -0.1) is 0 Å². The van der Waals surface area contributed by atoms with E-state index in [9.17, 15) is 4.79 Å². The summed E-state index contributed by atoms with van der Waals surface area (Å²) in [5.41, 5.74) is 1.57. The van der Waals surface area contributed by atoms with Crippen LogP contribution in [0.25, 0.3) is 0 Å². The zero-order valence-corrected chi connectivity index (χ0v) is 18.7. The molecule has 0 aliphatic carbocycles. The number of anilines is 1. The normalized spacial score (nSPS) is 21.6. The molecule has 0 N–H and O–H groups in total. The molecule has 0 unspecified atom stereocenters. The summed E-state index contributed by atoms with van der Waals surface area (Å²) in [5, 5.41) is 0. The quantitative estimate of drug-likeness (QED) is 0.538. The molecule has 29 heavy (non-hydrogen) atoms. The summed E-state index contributed by atoms with van der Waals surface area (Å²) >= 11 is 0. The van der Waals surface area contributed by atoms with E-state index in [1.807, 2.05) is 13.8 Å². The van der Waals surface area contributed by atoms with Crippen LogP contribution in [0.1, 0.15) is 41.5 Å². The third-order valence-electron chi connectivity index (χ3n) is 6.09. The second-order valence-corrected chi connectivity index (χ2v) is 9.52. The van der Waals surface area contributed by atoms with Crippen molar-refractivity contribution in [3.8, 4) is 0 Å². The van der Waals surface area contributed by atoms with Gasteiger partial charge in [-0.3, -0.25) is 9.69 Å². The highest BCUT2D eigenvalue weighted by Gasteiger charge is 2.51. The van der Waals surface area contributed by atoms with E-state index < -0.39 is 0 Å². The van der Waals surface area contributed by atoms with E-state index in [-0.39, 0.29) is 24.3 Å². The summed E-state index contributed by atoms with van der Waals surface area (Å²) in [6.07, 6.45) is 0. The highest BCUT2D eigenvalue weighted by Crippen LogP contribution is 2.36. The van der Waals surface area contributed by atoms with Gasteiger partial charge in [0.15, 0.2) is 0 Å². The molecule has 0 aromatic heterocycles. The lowest BCUT2D eigenvalue weighted by atomic mass is 9.79. The number of hydrogen-bond acceptors (Lipinski definition) is 6. The Hall–Kier alpha value is -1.57. The fourth-order valence-electron chi connectivity index (χ4n) is 3.47. The zero-order valence-electron chi connectivity index (χ0n) is 18.7. The molecule has 7 heteroatoms. The van der Waals surface area contributed by atoms with Crippen molar-refractivity contribution in [3.63, 3.8) is 0 Å². The van der Waals surface area contributed by atoms with Crippen LogP contribution in [-0.2, 0) is 18.8 Å². The third kappa shape index (κ3) is 5.33. The van der Waals surface area contributed by atoms with Gasteiger partial charge in [0.2, 0.25) is 0 Å². The summed E-state index contributed by atoms with van der Waals surface area (Å²) in [7, 11) is -0.331. The second kappa shape index (κ2) is 8.66. The molecule has 0 amide bonds. The summed E-state index contributed by atoms with van der Waals surface area (Å²) < 4.78 is 17.6. The Morgan fingerprint density at radius 3 is 2.10 bits per heavy atom. The maximum atomic E-state index is 11.9. The number of carbonyl (C=O) groups excluding carboxylic acids is 1. The Kier molecular flexibility index (Phi) is 6.61. The number of esters is 1. The van der Waals surface area contributed by atoms with Crippen molar-refractivity contribution in [1.29, 1.82) is 0 Å². The van der Waals surface area contributed by atoms with Gasteiger partial charge >= 0.3 is 13.1 Å². The van der Waals surface area contributed by atoms with Crippen molar-refractivity contribution in [1.82, 2.24) is 4.90 Å². The second-order valence-electron chi connectivity index (χ2n) is 9.52. The van der Waals surface area contributed by atoms with Gasteiger partial charge in [0, 0.05) is 31.9 Å². The van der Waals surface area contributed by atoms with Crippen LogP contribution < -0.4 is 10.4 Å². The minimum absolute atomic E-state index is 0.126. The largest absolute Gasteiger partial charge is 0.494 e. The molecule has 0 spiro atoms. The Morgan fingerprint density at radius 2 is 1.59 bits per heavy atom. The Labute approximate surface area is 175 Å². The Balaban J connectivity index is 1.50.